The number of anilines is 1. The molecule has 4 heterocycles. The second-order valence-electron chi connectivity index (χ2n) is 10.3. The summed E-state index contributed by atoms with van der Waals surface area (Å²) in [6.45, 7) is 2.54. The molecule has 4 amide bonds. The minimum Gasteiger partial charge on any atom is -0.380 e. The minimum absolute atomic E-state index is 0.198. The Morgan fingerprint density at radius 3 is 2.74 bits per heavy atom. The van der Waals surface area contributed by atoms with Gasteiger partial charge in [0.1, 0.15) is 11.7 Å². The minimum atomic E-state index is -0.685. The van der Waals surface area contributed by atoms with Crippen molar-refractivity contribution in [2.24, 2.45) is 0 Å². The predicted octanol–water partition coefficient (Wildman–Crippen LogP) is 3.23. The lowest BCUT2D eigenvalue weighted by Crippen LogP contribution is -2.52. The van der Waals surface area contributed by atoms with Crippen molar-refractivity contribution in [3.63, 3.8) is 0 Å². The molecule has 2 fully saturated rings. The third-order valence-corrected chi connectivity index (χ3v) is 7.92. The Bertz CT molecular complexity index is 1510. The van der Waals surface area contributed by atoms with Crippen LogP contribution in [0, 0.1) is 6.92 Å². The largest absolute Gasteiger partial charge is 0.380 e. The molecule has 10 nitrogen and oxygen atoms in total. The highest BCUT2D eigenvalue weighted by Gasteiger charge is 2.39. The Hall–Kier alpha value is -4.05. The van der Waals surface area contributed by atoms with E-state index in [1.165, 1.54) is 11.3 Å². The van der Waals surface area contributed by atoms with Crippen LogP contribution in [0.2, 0.25) is 0 Å². The van der Waals surface area contributed by atoms with E-state index in [2.05, 4.69) is 26.4 Å². The van der Waals surface area contributed by atoms with E-state index in [0.717, 1.165) is 40.6 Å². The second-order valence-corrected chi connectivity index (χ2v) is 10.3. The van der Waals surface area contributed by atoms with Gasteiger partial charge in [-0.05, 0) is 61.9 Å². The zero-order chi connectivity index (χ0) is 26.6. The molecule has 1 saturated carbocycles. The van der Waals surface area contributed by atoms with Gasteiger partial charge in [-0.1, -0.05) is 0 Å². The monoisotopic (exact) mass is 515 g/mol. The fourth-order valence-corrected chi connectivity index (χ4v) is 5.77. The van der Waals surface area contributed by atoms with Crippen LogP contribution in [0.4, 0.5) is 5.69 Å². The van der Waals surface area contributed by atoms with Crippen molar-refractivity contribution in [1.29, 1.82) is 0 Å². The molecule has 6 rings (SSSR count). The molecule has 1 unspecified atom stereocenters. The number of amides is 4. The summed E-state index contributed by atoms with van der Waals surface area (Å²) in [5.41, 5.74) is 4.92. The van der Waals surface area contributed by atoms with Gasteiger partial charge in [-0.25, -0.2) is 4.98 Å². The van der Waals surface area contributed by atoms with E-state index in [-0.39, 0.29) is 37.3 Å². The average molecular weight is 516 g/mol. The fraction of sp³-hybridized carbons (Fsp3) is 0.393. The number of hydrogen-bond donors (Lipinski definition) is 2. The summed E-state index contributed by atoms with van der Waals surface area (Å²) in [7, 11) is 1.61. The molecule has 1 atom stereocenters. The van der Waals surface area contributed by atoms with Crippen LogP contribution in [0.5, 0.6) is 0 Å². The van der Waals surface area contributed by atoms with E-state index >= 15 is 0 Å². The SMILES string of the molecule is COCc1c(C(=O)Nc2ccc3c(c2)CN(C2CCC(=O)NC2=O)C3=O)cnc2c1c(C)cn2C1CCC1. The van der Waals surface area contributed by atoms with Crippen LogP contribution in [0.1, 0.15) is 75.6 Å². The van der Waals surface area contributed by atoms with E-state index in [0.29, 0.717) is 29.3 Å². The highest BCUT2D eigenvalue weighted by Crippen LogP contribution is 2.37. The molecule has 2 aliphatic heterocycles. The number of nitrogens with one attached hydrogen (secondary N) is 2. The van der Waals surface area contributed by atoms with Gasteiger partial charge in [0.05, 0.1) is 12.2 Å². The Kier molecular flexibility index (Phi) is 5.98. The van der Waals surface area contributed by atoms with Gasteiger partial charge in [0, 0.05) is 60.7 Å². The van der Waals surface area contributed by atoms with Crippen molar-refractivity contribution in [1.82, 2.24) is 19.8 Å². The maximum Gasteiger partial charge on any atom is 0.257 e. The number of carbonyl (C=O) groups excluding carboxylic acids is 4. The summed E-state index contributed by atoms with van der Waals surface area (Å²) in [5, 5.41) is 6.21. The highest BCUT2D eigenvalue weighted by molar-refractivity contribution is 6.09. The third-order valence-electron chi connectivity index (χ3n) is 7.92. The first-order chi connectivity index (χ1) is 18.4. The zero-order valence-corrected chi connectivity index (χ0v) is 21.4. The Morgan fingerprint density at radius 2 is 2.03 bits per heavy atom. The van der Waals surface area contributed by atoms with E-state index in [4.69, 9.17) is 4.74 Å². The summed E-state index contributed by atoms with van der Waals surface area (Å²) in [6.07, 6.45) is 7.71. The number of aromatic nitrogens is 2. The molecule has 2 aromatic heterocycles. The maximum atomic E-state index is 13.4. The molecule has 3 aromatic rings. The number of nitrogens with zero attached hydrogens (tertiary/aromatic N) is 3. The molecule has 1 aromatic carbocycles. The zero-order valence-electron chi connectivity index (χ0n) is 21.4. The van der Waals surface area contributed by atoms with Gasteiger partial charge in [-0.15, -0.1) is 0 Å². The molecule has 1 saturated heterocycles. The maximum absolute atomic E-state index is 13.4. The molecule has 0 radical (unpaired) electrons. The molecular formula is C28H29N5O5. The standard InChI is InChI=1S/C28H29N5O5/c1-15-12-32(18-4-3-5-18)25-24(15)21(14-38-2)20(11-29-25)26(35)30-17-6-7-19-16(10-17)13-33(28(19)37)22-8-9-23(34)31-27(22)36/h6-7,10-12,18,22H,3-5,8-9,13-14H2,1-2H3,(H,30,35)(H,31,34,36). The van der Waals surface area contributed by atoms with E-state index < -0.39 is 11.9 Å². The summed E-state index contributed by atoms with van der Waals surface area (Å²) >= 11 is 0. The third kappa shape index (κ3) is 3.96. The van der Waals surface area contributed by atoms with Gasteiger partial charge in [-0.3, -0.25) is 24.5 Å². The van der Waals surface area contributed by atoms with Crippen LogP contribution in [0.15, 0.2) is 30.6 Å². The first-order valence-corrected chi connectivity index (χ1v) is 12.9. The fourth-order valence-electron chi connectivity index (χ4n) is 5.77. The van der Waals surface area contributed by atoms with Crippen LogP contribution in [0.3, 0.4) is 0 Å². The number of methoxy groups -OCH3 is 1. The molecule has 0 spiro atoms. The van der Waals surface area contributed by atoms with Crippen LogP contribution in [0.25, 0.3) is 11.0 Å². The van der Waals surface area contributed by atoms with Gasteiger partial charge < -0.3 is 19.5 Å². The molecule has 10 heteroatoms. The van der Waals surface area contributed by atoms with Gasteiger partial charge >= 0.3 is 0 Å². The summed E-state index contributed by atoms with van der Waals surface area (Å²) in [5.74, 6) is -1.34. The van der Waals surface area contributed by atoms with Crippen LogP contribution in [-0.4, -0.2) is 51.2 Å². The van der Waals surface area contributed by atoms with Crippen molar-refractivity contribution in [2.45, 2.75) is 64.3 Å². The van der Waals surface area contributed by atoms with Crippen molar-refractivity contribution in [3.05, 3.63) is 58.4 Å². The van der Waals surface area contributed by atoms with Crippen molar-refractivity contribution < 1.29 is 23.9 Å². The first kappa shape index (κ1) is 24.3. The Balaban J connectivity index is 1.26. The number of rotatable bonds is 6. The van der Waals surface area contributed by atoms with Gasteiger partial charge in [0.25, 0.3) is 11.8 Å². The van der Waals surface area contributed by atoms with E-state index in [9.17, 15) is 19.2 Å². The predicted molar refractivity (Wildman–Crippen MR) is 139 cm³/mol. The molecule has 0 bridgehead atoms. The number of imide groups is 1. The second kappa shape index (κ2) is 9.36. The molecular weight excluding hydrogens is 486 g/mol. The number of hydrogen-bond acceptors (Lipinski definition) is 6. The van der Waals surface area contributed by atoms with E-state index in [1.807, 2.05) is 6.92 Å². The molecule has 3 aliphatic rings. The average Bonchev–Trinajstić information content (AvgIpc) is 3.35. The smallest absolute Gasteiger partial charge is 0.257 e. The lowest BCUT2D eigenvalue weighted by molar-refractivity contribution is -0.136. The Labute approximate surface area is 219 Å². The van der Waals surface area contributed by atoms with E-state index in [1.54, 1.807) is 31.5 Å². The molecule has 1 aliphatic carbocycles. The van der Waals surface area contributed by atoms with Crippen LogP contribution in [-0.2, 0) is 27.5 Å². The normalized spacial score (nSPS) is 19.5. The van der Waals surface area contributed by atoms with Crippen LogP contribution >= 0.6 is 0 Å². The lowest BCUT2D eigenvalue weighted by Gasteiger charge is -2.29. The first-order valence-electron chi connectivity index (χ1n) is 12.9. The van der Waals surface area contributed by atoms with Crippen molar-refractivity contribution in [3.8, 4) is 0 Å². The van der Waals surface area contributed by atoms with Crippen LogP contribution < -0.4 is 10.6 Å². The van der Waals surface area contributed by atoms with Gasteiger partial charge in [-0.2, -0.15) is 0 Å². The quantitative estimate of drug-likeness (QED) is 0.486. The number of ether oxygens (including phenoxy) is 1. The number of piperidine rings is 1. The Morgan fingerprint density at radius 1 is 1.21 bits per heavy atom. The summed E-state index contributed by atoms with van der Waals surface area (Å²) in [4.78, 5) is 56.4. The van der Waals surface area contributed by atoms with Gasteiger partial charge in [0.2, 0.25) is 11.8 Å². The molecule has 196 valence electrons. The lowest BCUT2D eigenvalue weighted by atomic mass is 9.93. The molecule has 38 heavy (non-hydrogen) atoms. The van der Waals surface area contributed by atoms with Crippen molar-refractivity contribution >= 4 is 40.3 Å². The van der Waals surface area contributed by atoms with Gasteiger partial charge in [0.15, 0.2) is 0 Å². The number of aryl methyl sites for hydroxylation is 1. The topological polar surface area (TPSA) is 123 Å². The number of pyridine rings is 1. The number of carbonyl (C=O) groups is 4. The highest BCUT2D eigenvalue weighted by atomic mass is 16.5. The summed E-state index contributed by atoms with van der Waals surface area (Å²) < 4.78 is 7.71. The summed E-state index contributed by atoms with van der Waals surface area (Å²) in [6, 6.07) is 4.87. The number of benzene rings is 1. The number of fused-ring (bicyclic) bond motifs is 2. The van der Waals surface area contributed by atoms with Crippen molar-refractivity contribution in [2.75, 3.05) is 12.4 Å². The molecule has 2 N–H and O–H groups in total.